The van der Waals surface area contributed by atoms with E-state index in [2.05, 4.69) is 72.5 Å². The number of guanidine groups is 1. The fraction of sp³-hybridized carbons (Fsp3) is 0.471. The summed E-state index contributed by atoms with van der Waals surface area (Å²) in [6.45, 7) is 5.17. The molecule has 118 valence electrons. The van der Waals surface area contributed by atoms with Gasteiger partial charge in [0, 0.05) is 50.3 Å². The summed E-state index contributed by atoms with van der Waals surface area (Å²) in [7, 11) is 1.87. The maximum absolute atomic E-state index is 4.45. The predicted molar refractivity (Wildman–Crippen MR) is 95.0 cm³/mol. The Bertz CT molecular complexity index is 544. The second kappa shape index (κ2) is 7.29. The summed E-state index contributed by atoms with van der Waals surface area (Å²) in [5, 5.41) is 3.48. The predicted octanol–water partition coefficient (Wildman–Crippen LogP) is 2.47. The molecule has 1 fully saturated rings. The lowest BCUT2D eigenvalue weighted by Gasteiger charge is -2.25. The van der Waals surface area contributed by atoms with Crippen molar-refractivity contribution in [2.24, 2.45) is 4.99 Å². The lowest BCUT2D eigenvalue weighted by molar-refractivity contribution is 0.259. The van der Waals surface area contributed by atoms with Gasteiger partial charge in [0.2, 0.25) is 0 Å². The molecule has 0 saturated carbocycles. The summed E-state index contributed by atoms with van der Waals surface area (Å²) in [4.78, 5) is 9.37. The number of aliphatic imine (C=N–C) groups is 1. The molecule has 5 heteroatoms. The van der Waals surface area contributed by atoms with Gasteiger partial charge in [-0.25, -0.2) is 0 Å². The highest BCUT2D eigenvalue weighted by atomic mass is 79.9. The third-order valence-electron chi connectivity index (χ3n) is 4.40. The normalized spacial score (nSPS) is 22.5. The Morgan fingerprint density at radius 2 is 2.00 bits per heavy atom. The molecule has 1 aromatic rings. The molecule has 0 aliphatic carbocycles. The van der Waals surface area contributed by atoms with Crippen LogP contribution in [0.1, 0.15) is 12.0 Å². The van der Waals surface area contributed by atoms with Crippen molar-refractivity contribution in [2.75, 3.05) is 33.2 Å². The van der Waals surface area contributed by atoms with E-state index in [0.717, 1.165) is 43.2 Å². The smallest absolute Gasteiger partial charge is 0.193 e. The van der Waals surface area contributed by atoms with E-state index in [1.165, 1.54) is 12.0 Å². The molecule has 22 heavy (non-hydrogen) atoms. The van der Waals surface area contributed by atoms with Crippen molar-refractivity contribution in [1.82, 2.24) is 15.1 Å². The van der Waals surface area contributed by atoms with Gasteiger partial charge in [0.25, 0.3) is 0 Å². The fourth-order valence-corrected chi connectivity index (χ4v) is 3.40. The SMILES string of the molecule is CN=C(NCc1ccc(Br)cc1)N1CCC(N2CC=CC2)C1. The zero-order valence-corrected chi connectivity index (χ0v) is 14.6. The number of likely N-dealkylation sites (tertiary alicyclic amines) is 1. The lowest BCUT2D eigenvalue weighted by atomic mass is 10.2. The van der Waals surface area contributed by atoms with Crippen molar-refractivity contribution in [3.63, 3.8) is 0 Å². The zero-order chi connectivity index (χ0) is 15.4. The number of hydrogen-bond acceptors (Lipinski definition) is 2. The second-order valence-electron chi connectivity index (χ2n) is 5.84. The molecule has 2 heterocycles. The van der Waals surface area contributed by atoms with Crippen LogP contribution in [0.4, 0.5) is 0 Å². The van der Waals surface area contributed by atoms with E-state index < -0.39 is 0 Å². The Balaban J connectivity index is 1.52. The molecule has 0 radical (unpaired) electrons. The summed E-state index contributed by atoms with van der Waals surface area (Å²) in [6, 6.07) is 9.07. The standard InChI is InChI=1S/C17H23BrN4/c1-19-17(20-12-14-4-6-15(18)7-5-14)22-11-8-16(13-22)21-9-2-3-10-21/h2-7,16H,8-13H2,1H3,(H,19,20). The third-order valence-corrected chi connectivity index (χ3v) is 4.93. The van der Waals surface area contributed by atoms with Crippen LogP contribution in [0.15, 0.2) is 45.9 Å². The third kappa shape index (κ3) is 3.70. The van der Waals surface area contributed by atoms with Crippen molar-refractivity contribution in [3.8, 4) is 0 Å². The quantitative estimate of drug-likeness (QED) is 0.509. The van der Waals surface area contributed by atoms with E-state index in [1.807, 2.05) is 7.05 Å². The summed E-state index contributed by atoms with van der Waals surface area (Å²) in [5.41, 5.74) is 1.27. The number of hydrogen-bond donors (Lipinski definition) is 1. The van der Waals surface area contributed by atoms with Crippen LogP contribution in [0.5, 0.6) is 0 Å². The molecular formula is C17H23BrN4. The molecule has 0 bridgehead atoms. The lowest BCUT2D eigenvalue weighted by Crippen LogP contribution is -2.42. The van der Waals surface area contributed by atoms with Gasteiger partial charge in [-0.3, -0.25) is 9.89 Å². The van der Waals surface area contributed by atoms with E-state index in [-0.39, 0.29) is 0 Å². The van der Waals surface area contributed by atoms with E-state index in [1.54, 1.807) is 0 Å². The van der Waals surface area contributed by atoms with Crippen molar-refractivity contribution in [1.29, 1.82) is 0 Å². The fourth-order valence-electron chi connectivity index (χ4n) is 3.14. The van der Waals surface area contributed by atoms with Crippen molar-refractivity contribution < 1.29 is 0 Å². The van der Waals surface area contributed by atoms with Crippen LogP contribution in [0.2, 0.25) is 0 Å². The van der Waals surface area contributed by atoms with E-state index >= 15 is 0 Å². The van der Waals surface area contributed by atoms with E-state index in [9.17, 15) is 0 Å². The van der Waals surface area contributed by atoms with Crippen molar-refractivity contribution >= 4 is 21.9 Å². The Morgan fingerprint density at radius 1 is 1.27 bits per heavy atom. The molecule has 0 aromatic heterocycles. The molecule has 1 saturated heterocycles. The van der Waals surface area contributed by atoms with E-state index in [4.69, 9.17) is 0 Å². The van der Waals surface area contributed by atoms with Gasteiger partial charge in [-0.2, -0.15) is 0 Å². The van der Waals surface area contributed by atoms with Crippen LogP contribution < -0.4 is 5.32 Å². The highest BCUT2D eigenvalue weighted by Gasteiger charge is 2.29. The van der Waals surface area contributed by atoms with Gasteiger partial charge >= 0.3 is 0 Å². The van der Waals surface area contributed by atoms with Gasteiger partial charge in [-0.15, -0.1) is 0 Å². The first kappa shape index (κ1) is 15.6. The van der Waals surface area contributed by atoms with Gasteiger partial charge in [0.05, 0.1) is 0 Å². The summed E-state index contributed by atoms with van der Waals surface area (Å²) < 4.78 is 1.11. The zero-order valence-electron chi connectivity index (χ0n) is 13.0. The Kier molecular flexibility index (Phi) is 5.16. The van der Waals surface area contributed by atoms with Crippen LogP contribution in [0.3, 0.4) is 0 Å². The molecule has 3 rings (SSSR count). The molecule has 4 nitrogen and oxygen atoms in total. The molecule has 2 aliphatic heterocycles. The molecule has 0 amide bonds. The van der Waals surface area contributed by atoms with Crippen molar-refractivity contribution in [3.05, 3.63) is 46.5 Å². The minimum atomic E-state index is 0.654. The van der Waals surface area contributed by atoms with Crippen LogP contribution >= 0.6 is 15.9 Å². The topological polar surface area (TPSA) is 30.9 Å². The molecule has 2 aliphatic rings. The maximum atomic E-state index is 4.45. The van der Waals surface area contributed by atoms with E-state index in [0.29, 0.717) is 6.04 Å². The van der Waals surface area contributed by atoms with Crippen LogP contribution in [0.25, 0.3) is 0 Å². The Labute approximate surface area is 141 Å². The van der Waals surface area contributed by atoms with Gasteiger partial charge in [0.1, 0.15) is 0 Å². The van der Waals surface area contributed by atoms with Crippen LogP contribution in [0, 0.1) is 0 Å². The highest BCUT2D eigenvalue weighted by Crippen LogP contribution is 2.18. The molecule has 0 spiro atoms. The first-order chi connectivity index (χ1) is 10.8. The first-order valence-electron chi connectivity index (χ1n) is 7.85. The molecule has 1 aromatic carbocycles. The Hall–Kier alpha value is -1.33. The van der Waals surface area contributed by atoms with Crippen LogP contribution in [-0.2, 0) is 6.54 Å². The molecule has 1 N–H and O–H groups in total. The number of nitrogens with one attached hydrogen (secondary N) is 1. The highest BCUT2D eigenvalue weighted by molar-refractivity contribution is 9.10. The summed E-state index contributed by atoms with van der Waals surface area (Å²) in [6.07, 6.45) is 5.76. The van der Waals surface area contributed by atoms with Gasteiger partial charge < -0.3 is 10.2 Å². The van der Waals surface area contributed by atoms with Gasteiger partial charge in [0.15, 0.2) is 5.96 Å². The average molecular weight is 363 g/mol. The van der Waals surface area contributed by atoms with Gasteiger partial charge in [-0.1, -0.05) is 40.2 Å². The number of rotatable bonds is 3. The molecule has 1 unspecified atom stereocenters. The molecular weight excluding hydrogens is 340 g/mol. The number of benzene rings is 1. The summed E-state index contributed by atoms with van der Waals surface area (Å²) >= 11 is 3.47. The second-order valence-corrected chi connectivity index (χ2v) is 6.76. The Morgan fingerprint density at radius 3 is 2.68 bits per heavy atom. The largest absolute Gasteiger partial charge is 0.352 e. The molecule has 1 atom stereocenters. The minimum absolute atomic E-state index is 0.654. The van der Waals surface area contributed by atoms with Gasteiger partial charge in [-0.05, 0) is 24.1 Å². The summed E-state index contributed by atoms with van der Waals surface area (Å²) in [5.74, 6) is 1.01. The number of halogens is 1. The average Bonchev–Trinajstić information content (AvgIpc) is 3.20. The monoisotopic (exact) mass is 362 g/mol. The minimum Gasteiger partial charge on any atom is -0.352 e. The maximum Gasteiger partial charge on any atom is 0.193 e. The number of nitrogens with zero attached hydrogens (tertiary/aromatic N) is 3. The van der Waals surface area contributed by atoms with Crippen molar-refractivity contribution in [2.45, 2.75) is 19.0 Å². The van der Waals surface area contributed by atoms with Crippen LogP contribution in [-0.4, -0.2) is 55.0 Å². The first-order valence-corrected chi connectivity index (χ1v) is 8.64.